The van der Waals surface area contributed by atoms with Crippen LogP contribution in [0.5, 0.6) is 11.6 Å². The van der Waals surface area contributed by atoms with E-state index in [0.29, 0.717) is 18.1 Å². The lowest BCUT2D eigenvalue weighted by Gasteiger charge is -2.10. The van der Waals surface area contributed by atoms with Crippen molar-refractivity contribution in [2.24, 2.45) is 12.8 Å². The highest BCUT2D eigenvalue weighted by molar-refractivity contribution is 6.30. The first kappa shape index (κ1) is 14.8. The molecular weight excluding hydrogens is 281 g/mol. The minimum Gasteiger partial charge on any atom is -0.439 e. The van der Waals surface area contributed by atoms with E-state index in [1.54, 1.807) is 17.8 Å². The van der Waals surface area contributed by atoms with Gasteiger partial charge in [0.25, 0.3) is 0 Å². The highest BCUT2D eigenvalue weighted by atomic mass is 35.5. The van der Waals surface area contributed by atoms with Gasteiger partial charge in [0.15, 0.2) is 0 Å². The fourth-order valence-electron chi connectivity index (χ4n) is 2.02. The van der Waals surface area contributed by atoms with Crippen LogP contribution in [0.1, 0.15) is 18.2 Å². The van der Waals surface area contributed by atoms with Gasteiger partial charge in [-0.1, -0.05) is 11.6 Å². The number of aromatic nitrogens is 2. The molecule has 0 saturated carbocycles. The smallest absolute Gasteiger partial charge is 0.221 e. The van der Waals surface area contributed by atoms with Crippen LogP contribution >= 0.6 is 11.6 Å². The zero-order chi connectivity index (χ0) is 14.9. The minimum atomic E-state index is -0.517. The second-order valence-corrected chi connectivity index (χ2v) is 5.26. The van der Waals surface area contributed by atoms with Crippen LogP contribution in [0.25, 0.3) is 0 Å². The van der Waals surface area contributed by atoms with Gasteiger partial charge < -0.3 is 10.5 Å². The van der Waals surface area contributed by atoms with E-state index < -0.39 is 5.82 Å². The summed E-state index contributed by atoms with van der Waals surface area (Å²) in [5.74, 6) is 0.430. The Morgan fingerprint density at radius 2 is 2.20 bits per heavy atom. The van der Waals surface area contributed by atoms with Crippen molar-refractivity contribution in [2.45, 2.75) is 26.3 Å². The van der Waals surface area contributed by atoms with Crippen molar-refractivity contribution in [1.82, 2.24) is 9.78 Å². The first-order chi connectivity index (χ1) is 9.38. The second kappa shape index (κ2) is 5.81. The number of rotatable bonds is 4. The van der Waals surface area contributed by atoms with Gasteiger partial charge in [-0.2, -0.15) is 5.10 Å². The Morgan fingerprint density at radius 1 is 1.50 bits per heavy atom. The lowest BCUT2D eigenvalue weighted by atomic mass is 10.1. The van der Waals surface area contributed by atoms with Crippen LogP contribution < -0.4 is 10.5 Å². The maximum absolute atomic E-state index is 13.4. The molecule has 2 rings (SSSR count). The largest absolute Gasteiger partial charge is 0.439 e. The summed E-state index contributed by atoms with van der Waals surface area (Å²) < 4.78 is 20.8. The van der Waals surface area contributed by atoms with Crippen LogP contribution in [0.3, 0.4) is 0 Å². The molecule has 1 aromatic heterocycles. The molecule has 0 radical (unpaired) electrons. The molecule has 0 aliphatic carbocycles. The van der Waals surface area contributed by atoms with Crippen LogP contribution in [-0.2, 0) is 13.5 Å². The molecule has 2 aromatic rings. The van der Waals surface area contributed by atoms with E-state index in [1.807, 2.05) is 13.8 Å². The molecule has 108 valence electrons. The average molecular weight is 298 g/mol. The summed E-state index contributed by atoms with van der Waals surface area (Å²) in [5, 5.41) is 4.38. The maximum atomic E-state index is 13.4. The van der Waals surface area contributed by atoms with E-state index >= 15 is 0 Å². The van der Waals surface area contributed by atoms with Crippen LogP contribution in [0.2, 0.25) is 5.02 Å². The average Bonchev–Trinajstić information content (AvgIpc) is 2.60. The SMILES string of the molecule is Cc1nn(C)c(Oc2ccc(Cl)c(F)c2)c1CC(C)N. The summed E-state index contributed by atoms with van der Waals surface area (Å²) >= 11 is 5.65. The van der Waals surface area contributed by atoms with Crippen LogP contribution in [0, 0.1) is 12.7 Å². The minimum absolute atomic E-state index is 0.0118. The molecule has 2 N–H and O–H groups in total. The Kier molecular flexibility index (Phi) is 4.30. The molecule has 0 amide bonds. The maximum Gasteiger partial charge on any atom is 0.221 e. The molecule has 1 heterocycles. The fraction of sp³-hybridized carbons (Fsp3) is 0.357. The Hall–Kier alpha value is -1.59. The van der Waals surface area contributed by atoms with E-state index in [4.69, 9.17) is 22.1 Å². The second-order valence-electron chi connectivity index (χ2n) is 4.85. The van der Waals surface area contributed by atoms with Gasteiger partial charge in [0.2, 0.25) is 5.88 Å². The van der Waals surface area contributed by atoms with E-state index in [2.05, 4.69) is 5.10 Å². The van der Waals surface area contributed by atoms with Gasteiger partial charge in [0, 0.05) is 24.7 Å². The molecule has 0 fully saturated rings. The van der Waals surface area contributed by atoms with Gasteiger partial charge in [0.05, 0.1) is 10.7 Å². The molecule has 0 saturated heterocycles. The van der Waals surface area contributed by atoms with Gasteiger partial charge in [-0.3, -0.25) is 0 Å². The van der Waals surface area contributed by atoms with E-state index in [-0.39, 0.29) is 11.1 Å². The zero-order valence-corrected chi connectivity index (χ0v) is 12.4. The number of nitrogens with zero attached hydrogens (tertiary/aromatic N) is 2. The zero-order valence-electron chi connectivity index (χ0n) is 11.7. The lowest BCUT2D eigenvalue weighted by Crippen LogP contribution is -2.18. The molecule has 0 spiro atoms. The number of benzene rings is 1. The first-order valence-electron chi connectivity index (χ1n) is 6.29. The monoisotopic (exact) mass is 297 g/mol. The molecule has 1 unspecified atom stereocenters. The molecule has 0 aliphatic rings. The summed E-state index contributed by atoms with van der Waals surface area (Å²) in [6, 6.07) is 4.31. The quantitative estimate of drug-likeness (QED) is 0.943. The topological polar surface area (TPSA) is 53.1 Å². The van der Waals surface area contributed by atoms with Crippen molar-refractivity contribution >= 4 is 11.6 Å². The Labute approximate surface area is 122 Å². The third-order valence-electron chi connectivity index (χ3n) is 2.92. The number of halogens is 2. The molecule has 0 aliphatic heterocycles. The number of ether oxygens (including phenoxy) is 1. The number of hydrogen-bond donors (Lipinski definition) is 1. The Balaban J connectivity index is 2.34. The first-order valence-corrected chi connectivity index (χ1v) is 6.67. The number of nitrogens with two attached hydrogens (primary N) is 1. The summed E-state index contributed by atoms with van der Waals surface area (Å²) in [7, 11) is 1.78. The van der Waals surface area contributed by atoms with Crippen molar-refractivity contribution in [3.05, 3.63) is 40.3 Å². The van der Waals surface area contributed by atoms with E-state index in [9.17, 15) is 4.39 Å². The predicted octanol–water partition coefficient (Wildman–Crippen LogP) is 3.20. The predicted molar refractivity (Wildman–Crippen MR) is 76.8 cm³/mol. The third-order valence-corrected chi connectivity index (χ3v) is 3.23. The van der Waals surface area contributed by atoms with Crippen molar-refractivity contribution < 1.29 is 9.13 Å². The summed E-state index contributed by atoms with van der Waals surface area (Å²) in [4.78, 5) is 0. The van der Waals surface area contributed by atoms with Crippen molar-refractivity contribution in [3.63, 3.8) is 0 Å². The number of hydrogen-bond acceptors (Lipinski definition) is 3. The van der Waals surface area contributed by atoms with E-state index in [1.165, 1.54) is 12.1 Å². The Bertz CT molecular complexity index is 625. The normalized spacial score (nSPS) is 12.5. The summed E-state index contributed by atoms with van der Waals surface area (Å²) in [6.07, 6.45) is 0.644. The lowest BCUT2D eigenvalue weighted by molar-refractivity contribution is 0.421. The van der Waals surface area contributed by atoms with Crippen LogP contribution in [0.15, 0.2) is 18.2 Å². The highest BCUT2D eigenvalue weighted by Gasteiger charge is 2.17. The van der Waals surface area contributed by atoms with Gasteiger partial charge in [-0.05, 0) is 32.4 Å². The van der Waals surface area contributed by atoms with Gasteiger partial charge >= 0.3 is 0 Å². The molecule has 4 nitrogen and oxygen atoms in total. The van der Waals surface area contributed by atoms with Gasteiger partial charge in [-0.15, -0.1) is 0 Å². The van der Waals surface area contributed by atoms with Gasteiger partial charge in [0.1, 0.15) is 11.6 Å². The molecule has 6 heteroatoms. The van der Waals surface area contributed by atoms with Crippen LogP contribution in [0.4, 0.5) is 4.39 Å². The molecular formula is C14H17ClFN3O. The van der Waals surface area contributed by atoms with E-state index in [0.717, 1.165) is 11.3 Å². The standard InChI is InChI=1S/C14H17ClFN3O/c1-8(17)6-11-9(2)18-19(3)14(11)20-10-4-5-12(15)13(16)7-10/h4-5,7-8H,6,17H2,1-3H3. The summed E-state index contributed by atoms with van der Waals surface area (Å²) in [6.45, 7) is 3.81. The molecule has 20 heavy (non-hydrogen) atoms. The fourth-order valence-corrected chi connectivity index (χ4v) is 2.14. The highest BCUT2D eigenvalue weighted by Crippen LogP contribution is 2.29. The van der Waals surface area contributed by atoms with Crippen molar-refractivity contribution in [1.29, 1.82) is 0 Å². The van der Waals surface area contributed by atoms with Crippen molar-refractivity contribution in [3.8, 4) is 11.6 Å². The molecule has 1 aromatic carbocycles. The number of aryl methyl sites for hydroxylation is 2. The Morgan fingerprint density at radius 3 is 2.80 bits per heavy atom. The molecule has 0 bridgehead atoms. The summed E-state index contributed by atoms with van der Waals surface area (Å²) in [5.41, 5.74) is 7.62. The van der Waals surface area contributed by atoms with Crippen molar-refractivity contribution in [2.75, 3.05) is 0 Å². The molecule has 1 atom stereocenters. The third kappa shape index (κ3) is 3.11. The van der Waals surface area contributed by atoms with Crippen LogP contribution in [-0.4, -0.2) is 15.8 Å². The van der Waals surface area contributed by atoms with Gasteiger partial charge in [-0.25, -0.2) is 9.07 Å².